The Kier molecular flexibility index (Phi) is 3.54. The standard InChI is InChI=1S/C8H10Br2Cl2O2/c1-7(2)3(4(7)6(13)14)5(11)8(9,10)12/h3-5H,1-2H3,(H,13,14)/t3-,4+,5?/m1/s1. The molecule has 1 unspecified atom stereocenters. The van der Waals surface area contributed by atoms with Crippen LogP contribution in [0.25, 0.3) is 0 Å². The van der Waals surface area contributed by atoms with Gasteiger partial charge in [-0.15, -0.1) is 11.6 Å². The Morgan fingerprint density at radius 2 is 2.00 bits per heavy atom. The SMILES string of the molecule is CC1(C)[C@H](C(=O)O)[C@@H]1C(Cl)C(Cl)(Br)Br. The Bertz CT molecular complexity index is 263. The number of hydrogen-bond acceptors (Lipinski definition) is 1. The van der Waals surface area contributed by atoms with Gasteiger partial charge in [-0.3, -0.25) is 4.79 Å². The van der Waals surface area contributed by atoms with Crippen molar-refractivity contribution in [2.45, 2.75) is 21.9 Å². The second-order valence-electron chi connectivity index (χ2n) is 4.11. The van der Waals surface area contributed by atoms with Gasteiger partial charge < -0.3 is 5.11 Å². The average molecular weight is 369 g/mol. The molecular formula is C8H10Br2Cl2O2. The molecule has 1 N–H and O–H groups in total. The molecule has 14 heavy (non-hydrogen) atoms. The highest BCUT2D eigenvalue weighted by molar-refractivity contribution is 9.26. The van der Waals surface area contributed by atoms with Crippen LogP contribution in [0.4, 0.5) is 0 Å². The highest BCUT2D eigenvalue weighted by Crippen LogP contribution is 2.64. The summed E-state index contributed by atoms with van der Waals surface area (Å²) in [6, 6.07) is 0. The molecule has 0 spiro atoms. The zero-order valence-electron chi connectivity index (χ0n) is 7.60. The van der Waals surface area contributed by atoms with Crippen molar-refractivity contribution >= 4 is 61.0 Å². The lowest BCUT2D eigenvalue weighted by molar-refractivity contribution is -0.139. The Labute approximate surface area is 110 Å². The summed E-state index contributed by atoms with van der Waals surface area (Å²) in [5.41, 5.74) is -0.292. The van der Waals surface area contributed by atoms with Gasteiger partial charge >= 0.3 is 5.97 Å². The molecule has 6 heteroatoms. The fraction of sp³-hybridized carbons (Fsp3) is 0.875. The molecule has 1 saturated carbocycles. The molecule has 1 rings (SSSR count). The van der Waals surface area contributed by atoms with Crippen molar-refractivity contribution in [3.05, 3.63) is 0 Å². The number of carboxylic acid groups (broad SMARTS) is 1. The first-order valence-corrected chi connectivity index (χ1v) is 6.43. The van der Waals surface area contributed by atoms with Gasteiger partial charge in [0.25, 0.3) is 0 Å². The Morgan fingerprint density at radius 3 is 2.21 bits per heavy atom. The van der Waals surface area contributed by atoms with Crippen molar-refractivity contribution in [1.82, 2.24) is 0 Å². The molecule has 0 aliphatic heterocycles. The van der Waals surface area contributed by atoms with Crippen LogP contribution in [0, 0.1) is 17.3 Å². The number of alkyl halides is 4. The van der Waals surface area contributed by atoms with Gasteiger partial charge in [0.1, 0.15) is 0 Å². The van der Waals surface area contributed by atoms with Crippen molar-refractivity contribution in [3.8, 4) is 0 Å². The van der Waals surface area contributed by atoms with Gasteiger partial charge in [0, 0.05) is 0 Å². The van der Waals surface area contributed by atoms with Crippen LogP contribution in [-0.2, 0) is 4.79 Å². The molecule has 0 heterocycles. The number of hydrogen-bond donors (Lipinski definition) is 1. The summed E-state index contributed by atoms with van der Waals surface area (Å²) in [5.74, 6) is -1.36. The van der Waals surface area contributed by atoms with E-state index in [1.807, 2.05) is 13.8 Å². The molecule has 1 fully saturated rings. The number of carboxylic acids is 1. The van der Waals surface area contributed by atoms with Gasteiger partial charge in [0.05, 0.1) is 11.3 Å². The van der Waals surface area contributed by atoms with Crippen LogP contribution in [0.1, 0.15) is 13.8 Å². The van der Waals surface area contributed by atoms with Crippen LogP contribution in [-0.4, -0.2) is 19.1 Å². The van der Waals surface area contributed by atoms with Crippen molar-refractivity contribution < 1.29 is 9.90 Å². The minimum absolute atomic E-state index is 0.127. The first kappa shape index (κ1) is 13.1. The Hall–Kier alpha value is 1.01. The van der Waals surface area contributed by atoms with Gasteiger partial charge in [0.2, 0.25) is 0 Å². The van der Waals surface area contributed by atoms with Crippen LogP contribution in [0.5, 0.6) is 0 Å². The topological polar surface area (TPSA) is 37.3 Å². The molecule has 0 aromatic heterocycles. The van der Waals surface area contributed by atoms with E-state index in [-0.39, 0.29) is 11.3 Å². The summed E-state index contributed by atoms with van der Waals surface area (Å²) >= 11 is 18.4. The van der Waals surface area contributed by atoms with E-state index in [2.05, 4.69) is 31.9 Å². The largest absolute Gasteiger partial charge is 0.481 e. The predicted octanol–water partition coefficient (Wildman–Crippen LogP) is 3.63. The van der Waals surface area contributed by atoms with Crippen LogP contribution in [0.15, 0.2) is 0 Å². The summed E-state index contributed by atoms with van der Waals surface area (Å²) in [7, 11) is 0. The van der Waals surface area contributed by atoms with E-state index in [0.717, 1.165) is 0 Å². The van der Waals surface area contributed by atoms with E-state index < -0.39 is 20.0 Å². The van der Waals surface area contributed by atoms with E-state index in [1.165, 1.54) is 0 Å². The maximum atomic E-state index is 10.9. The molecule has 0 aromatic carbocycles. The van der Waals surface area contributed by atoms with Gasteiger partial charge in [-0.1, -0.05) is 57.3 Å². The van der Waals surface area contributed by atoms with Crippen LogP contribution in [0.2, 0.25) is 0 Å². The summed E-state index contributed by atoms with van der Waals surface area (Å²) in [6.07, 6.45) is 0. The van der Waals surface area contributed by atoms with Gasteiger partial charge in [-0.05, 0) is 11.3 Å². The number of halogens is 4. The third-order valence-corrected chi connectivity index (χ3v) is 5.26. The molecule has 1 aliphatic carbocycles. The maximum absolute atomic E-state index is 10.9. The zero-order chi connectivity index (χ0) is 11.3. The first-order valence-electron chi connectivity index (χ1n) is 4.03. The fourth-order valence-corrected chi connectivity index (χ4v) is 3.07. The molecule has 0 radical (unpaired) electrons. The summed E-state index contributed by atoms with van der Waals surface area (Å²) in [5, 5.41) is 8.47. The van der Waals surface area contributed by atoms with E-state index in [9.17, 15) is 4.79 Å². The molecule has 82 valence electrons. The monoisotopic (exact) mass is 366 g/mol. The minimum atomic E-state index is -0.937. The van der Waals surface area contributed by atoms with Crippen molar-refractivity contribution in [2.24, 2.45) is 17.3 Å². The number of rotatable bonds is 3. The normalized spacial score (nSPS) is 32.4. The maximum Gasteiger partial charge on any atom is 0.307 e. The lowest BCUT2D eigenvalue weighted by atomic mass is 10.1. The second-order valence-corrected chi connectivity index (χ2v) is 9.65. The molecule has 3 atom stereocenters. The smallest absolute Gasteiger partial charge is 0.307 e. The summed E-state index contributed by atoms with van der Waals surface area (Å²) in [6.45, 7) is 3.77. The number of carbonyl (C=O) groups is 1. The third kappa shape index (κ3) is 2.23. The highest BCUT2D eigenvalue weighted by Gasteiger charge is 2.67. The minimum Gasteiger partial charge on any atom is -0.481 e. The summed E-state index contributed by atoms with van der Waals surface area (Å²) < 4.78 is -0.937. The van der Waals surface area contributed by atoms with E-state index in [0.29, 0.717) is 0 Å². The molecule has 0 bridgehead atoms. The number of aliphatic carboxylic acids is 1. The van der Waals surface area contributed by atoms with Crippen molar-refractivity contribution in [3.63, 3.8) is 0 Å². The fourth-order valence-electron chi connectivity index (χ4n) is 1.90. The average Bonchev–Trinajstić information content (AvgIpc) is 2.49. The molecular weight excluding hydrogens is 359 g/mol. The van der Waals surface area contributed by atoms with Crippen molar-refractivity contribution in [1.29, 1.82) is 0 Å². The molecule has 2 nitrogen and oxygen atoms in total. The lowest BCUT2D eigenvalue weighted by Gasteiger charge is -2.19. The Balaban J connectivity index is 2.79. The molecule has 0 saturated heterocycles. The lowest BCUT2D eigenvalue weighted by Crippen LogP contribution is -2.23. The zero-order valence-corrected chi connectivity index (χ0v) is 12.3. The van der Waals surface area contributed by atoms with Gasteiger partial charge in [-0.2, -0.15) is 0 Å². The van der Waals surface area contributed by atoms with Crippen LogP contribution >= 0.6 is 55.1 Å². The molecule has 0 aromatic rings. The first-order chi connectivity index (χ1) is 6.10. The van der Waals surface area contributed by atoms with E-state index >= 15 is 0 Å². The Morgan fingerprint density at radius 1 is 1.57 bits per heavy atom. The quantitative estimate of drug-likeness (QED) is 0.772. The second kappa shape index (κ2) is 3.79. The third-order valence-electron chi connectivity index (χ3n) is 2.80. The van der Waals surface area contributed by atoms with E-state index in [1.54, 1.807) is 0 Å². The van der Waals surface area contributed by atoms with Crippen LogP contribution in [0.3, 0.4) is 0 Å². The van der Waals surface area contributed by atoms with Gasteiger partial charge in [0.15, 0.2) is 2.69 Å². The highest BCUT2D eigenvalue weighted by atomic mass is 79.9. The van der Waals surface area contributed by atoms with Crippen molar-refractivity contribution in [2.75, 3.05) is 0 Å². The van der Waals surface area contributed by atoms with Crippen LogP contribution < -0.4 is 0 Å². The molecule has 0 amide bonds. The predicted molar refractivity (Wildman–Crippen MR) is 64.5 cm³/mol. The van der Waals surface area contributed by atoms with E-state index in [4.69, 9.17) is 28.3 Å². The van der Waals surface area contributed by atoms with Gasteiger partial charge in [-0.25, -0.2) is 0 Å². The molecule has 1 aliphatic rings. The summed E-state index contributed by atoms with van der Waals surface area (Å²) in [4.78, 5) is 10.9.